The first kappa shape index (κ1) is 13.3. The van der Waals surface area contributed by atoms with Gasteiger partial charge >= 0.3 is 0 Å². The molecule has 0 fully saturated rings. The Bertz CT molecular complexity index is 575. The summed E-state index contributed by atoms with van der Waals surface area (Å²) in [4.78, 5) is 3.98. The zero-order valence-corrected chi connectivity index (χ0v) is 10.8. The average molecular weight is 262 g/mol. The highest BCUT2D eigenvalue weighted by Gasteiger charge is 2.16. The fourth-order valence-electron chi connectivity index (χ4n) is 1.83. The third-order valence-corrected chi connectivity index (χ3v) is 2.85. The molecule has 1 unspecified atom stereocenters. The number of aromatic nitrogens is 1. The number of ether oxygens (including phenoxy) is 2. The van der Waals surface area contributed by atoms with Gasteiger partial charge in [-0.1, -0.05) is 6.07 Å². The lowest BCUT2D eigenvalue weighted by Crippen LogP contribution is -2.15. The molecule has 0 saturated carbocycles. The zero-order valence-electron chi connectivity index (χ0n) is 10.8. The van der Waals surface area contributed by atoms with E-state index in [9.17, 15) is 4.39 Å². The molecule has 2 rings (SSSR count). The quantitative estimate of drug-likeness (QED) is 0.918. The predicted molar refractivity (Wildman–Crippen MR) is 69.8 cm³/mol. The van der Waals surface area contributed by atoms with Crippen LogP contribution in [0.5, 0.6) is 11.5 Å². The predicted octanol–water partition coefficient (Wildman–Crippen LogP) is 2.29. The fraction of sp³-hybridized carbons (Fsp3) is 0.214. The van der Waals surface area contributed by atoms with Gasteiger partial charge in [-0.3, -0.25) is 4.98 Å². The van der Waals surface area contributed by atoms with Crippen LogP contribution in [-0.2, 0) is 0 Å². The highest BCUT2D eigenvalue weighted by Crippen LogP contribution is 2.31. The van der Waals surface area contributed by atoms with Gasteiger partial charge in [0.15, 0.2) is 11.5 Å². The minimum atomic E-state index is -0.652. The van der Waals surface area contributed by atoms with E-state index in [1.165, 1.54) is 25.4 Å². The first-order valence-corrected chi connectivity index (χ1v) is 5.75. The van der Waals surface area contributed by atoms with Gasteiger partial charge in [0, 0.05) is 6.20 Å². The Morgan fingerprint density at radius 2 is 1.89 bits per heavy atom. The molecule has 0 aliphatic heterocycles. The Hall–Kier alpha value is -2.14. The van der Waals surface area contributed by atoms with Crippen molar-refractivity contribution in [1.82, 2.24) is 4.98 Å². The van der Waals surface area contributed by atoms with Gasteiger partial charge < -0.3 is 15.2 Å². The maximum absolute atomic E-state index is 13.7. The molecule has 0 bridgehead atoms. The van der Waals surface area contributed by atoms with Crippen molar-refractivity contribution in [2.45, 2.75) is 6.04 Å². The third kappa shape index (κ3) is 2.66. The van der Waals surface area contributed by atoms with Gasteiger partial charge in [-0.05, 0) is 29.8 Å². The van der Waals surface area contributed by atoms with Crippen LogP contribution < -0.4 is 15.2 Å². The van der Waals surface area contributed by atoms with E-state index in [0.29, 0.717) is 17.1 Å². The summed E-state index contributed by atoms with van der Waals surface area (Å²) in [7, 11) is 3.09. The zero-order chi connectivity index (χ0) is 13.8. The van der Waals surface area contributed by atoms with Crippen LogP contribution in [0.2, 0.25) is 0 Å². The van der Waals surface area contributed by atoms with Crippen LogP contribution in [0.1, 0.15) is 17.3 Å². The molecular weight excluding hydrogens is 247 g/mol. The summed E-state index contributed by atoms with van der Waals surface area (Å²) < 4.78 is 24.0. The van der Waals surface area contributed by atoms with Crippen LogP contribution >= 0.6 is 0 Å². The van der Waals surface area contributed by atoms with Crippen molar-refractivity contribution in [3.8, 4) is 11.5 Å². The molecule has 2 aromatic rings. The van der Waals surface area contributed by atoms with Crippen LogP contribution in [0.3, 0.4) is 0 Å². The summed E-state index contributed by atoms with van der Waals surface area (Å²) in [6.45, 7) is 0. The molecule has 0 spiro atoms. The summed E-state index contributed by atoms with van der Waals surface area (Å²) in [5, 5.41) is 0. The monoisotopic (exact) mass is 262 g/mol. The standard InChI is InChI=1S/C14H15FN2O2/c1-18-11-6-5-9(8-12(11)19-2)13(16)14-10(15)4-3-7-17-14/h3-8,13H,16H2,1-2H3. The Morgan fingerprint density at radius 3 is 2.53 bits per heavy atom. The number of rotatable bonds is 4. The summed E-state index contributed by atoms with van der Waals surface area (Å²) in [6.07, 6.45) is 1.51. The molecule has 4 nitrogen and oxygen atoms in total. The summed E-state index contributed by atoms with van der Waals surface area (Å²) in [5.74, 6) is 0.719. The maximum Gasteiger partial charge on any atom is 0.161 e. The van der Waals surface area contributed by atoms with E-state index in [4.69, 9.17) is 15.2 Å². The number of methoxy groups -OCH3 is 2. The summed E-state index contributed by atoms with van der Waals surface area (Å²) in [6, 6.07) is 7.43. The lowest BCUT2D eigenvalue weighted by molar-refractivity contribution is 0.354. The average Bonchev–Trinajstić information content (AvgIpc) is 2.46. The Labute approximate surface area is 111 Å². The Kier molecular flexibility index (Phi) is 3.97. The molecule has 19 heavy (non-hydrogen) atoms. The van der Waals surface area contributed by atoms with Crippen LogP contribution in [0.25, 0.3) is 0 Å². The van der Waals surface area contributed by atoms with Crippen molar-refractivity contribution >= 4 is 0 Å². The molecule has 100 valence electrons. The summed E-state index contributed by atoms with van der Waals surface area (Å²) in [5.41, 5.74) is 6.94. The first-order chi connectivity index (χ1) is 9.17. The van der Waals surface area contributed by atoms with E-state index >= 15 is 0 Å². The lowest BCUT2D eigenvalue weighted by atomic mass is 10.0. The van der Waals surface area contributed by atoms with E-state index in [1.807, 2.05) is 0 Å². The second kappa shape index (κ2) is 5.67. The lowest BCUT2D eigenvalue weighted by Gasteiger charge is -2.15. The van der Waals surface area contributed by atoms with E-state index in [2.05, 4.69) is 4.98 Å². The number of nitrogens with two attached hydrogens (primary N) is 1. The number of halogens is 1. The van der Waals surface area contributed by atoms with Gasteiger partial charge in [0.2, 0.25) is 0 Å². The van der Waals surface area contributed by atoms with Crippen LogP contribution in [0.15, 0.2) is 36.5 Å². The maximum atomic E-state index is 13.7. The molecule has 0 amide bonds. The van der Waals surface area contributed by atoms with Crippen molar-refractivity contribution in [2.24, 2.45) is 5.73 Å². The van der Waals surface area contributed by atoms with Gasteiger partial charge in [-0.2, -0.15) is 0 Å². The number of nitrogens with zero attached hydrogens (tertiary/aromatic N) is 1. The topological polar surface area (TPSA) is 57.4 Å². The molecule has 0 radical (unpaired) electrons. The number of pyridine rings is 1. The highest BCUT2D eigenvalue weighted by molar-refractivity contribution is 5.45. The molecule has 1 aromatic heterocycles. The minimum absolute atomic E-state index is 0.203. The van der Waals surface area contributed by atoms with Crippen LogP contribution in [0.4, 0.5) is 4.39 Å². The smallest absolute Gasteiger partial charge is 0.161 e. The van der Waals surface area contributed by atoms with Crippen LogP contribution in [0, 0.1) is 5.82 Å². The van der Waals surface area contributed by atoms with Crippen molar-refractivity contribution in [3.05, 3.63) is 53.6 Å². The van der Waals surface area contributed by atoms with E-state index in [0.717, 1.165) is 0 Å². The molecular formula is C14H15FN2O2. The number of hydrogen-bond acceptors (Lipinski definition) is 4. The third-order valence-electron chi connectivity index (χ3n) is 2.85. The molecule has 5 heteroatoms. The van der Waals surface area contributed by atoms with Crippen LogP contribution in [-0.4, -0.2) is 19.2 Å². The Balaban J connectivity index is 2.39. The molecule has 1 atom stereocenters. The largest absolute Gasteiger partial charge is 0.493 e. The van der Waals surface area contributed by atoms with Gasteiger partial charge in [0.25, 0.3) is 0 Å². The fourth-order valence-corrected chi connectivity index (χ4v) is 1.83. The van der Waals surface area contributed by atoms with E-state index < -0.39 is 11.9 Å². The van der Waals surface area contributed by atoms with Crippen molar-refractivity contribution in [2.75, 3.05) is 14.2 Å². The van der Waals surface area contributed by atoms with Gasteiger partial charge in [-0.15, -0.1) is 0 Å². The van der Waals surface area contributed by atoms with E-state index in [-0.39, 0.29) is 5.69 Å². The molecule has 1 aromatic carbocycles. The molecule has 0 saturated heterocycles. The normalized spacial score (nSPS) is 12.0. The van der Waals surface area contributed by atoms with Crippen molar-refractivity contribution in [3.63, 3.8) is 0 Å². The number of hydrogen-bond donors (Lipinski definition) is 1. The SMILES string of the molecule is COc1ccc(C(N)c2ncccc2F)cc1OC. The molecule has 0 aliphatic rings. The molecule has 2 N–H and O–H groups in total. The first-order valence-electron chi connectivity index (χ1n) is 5.75. The number of benzene rings is 1. The van der Waals surface area contributed by atoms with Crippen molar-refractivity contribution in [1.29, 1.82) is 0 Å². The second-order valence-corrected chi connectivity index (χ2v) is 3.96. The molecule has 0 aliphatic carbocycles. The Morgan fingerprint density at radius 1 is 1.16 bits per heavy atom. The van der Waals surface area contributed by atoms with Gasteiger partial charge in [-0.25, -0.2) is 4.39 Å². The highest BCUT2D eigenvalue weighted by atomic mass is 19.1. The minimum Gasteiger partial charge on any atom is -0.493 e. The van der Waals surface area contributed by atoms with E-state index in [1.54, 1.807) is 25.3 Å². The van der Waals surface area contributed by atoms with Crippen molar-refractivity contribution < 1.29 is 13.9 Å². The summed E-state index contributed by atoms with van der Waals surface area (Å²) >= 11 is 0. The second-order valence-electron chi connectivity index (χ2n) is 3.96. The van der Waals surface area contributed by atoms with Gasteiger partial charge in [0.05, 0.1) is 26.0 Å². The molecule has 1 heterocycles. The van der Waals surface area contributed by atoms with Gasteiger partial charge in [0.1, 0.15) is 5.82 Å².